The fourth-order valence-electron chi connectivity index (χ4n) is 5.94. The second-order valence-electron chi connectivity index (χ2n) is 12.2. The van der Waals surface area contributed by atoms with E-state index in [1.54, 1.807) is 0 Å². The van der Waals surface area contributed by atoms with Crippen molar-refractivity contribution in [3.8, 4) is 0 Å². The van der Waals surface area contributed by atoms with Crippen LogP contribution in [0.25, 0.3) is 0 Å². The summed E-state index contributed by atoms with van der Waals surface area (Å²) in [6, 6.07) is 20.4. The maximum atomic E-state index is 7.38. The smallest absolute Gasteiger partial charge is 0.335 e. The van der Waals surface area contributed by atoms with E-state index in [1.807, 2.05) is 36.4 Å². The molecule has 2 heterocycles. The Morgan fingerprint density at radius 2 is 1.18 bits per heavy atom. The van der Waals surface area contributed by atoms with Crippen LogP contribution in [0, 0.1) is 0 Å². The molecule has 2 aromatic rings. The molecule has 2 saturated heterocycles. The first-order chi connectivity index (χ1) is 18.6. The van der Waals surface area contributed by atoms with Crippen molar-refractivity contribution in [1.82, 2.24) is 0 Å². The molecule has 0 radical (unpaired) electrons. The summed E-state index contributed by atoms with van der Waals surface area (Å²) < 4.78 is 41.2. The lowest BCUT2D eigenvalue weighted by molar-refractivity contribution is -0.188. The van der Waals surface area contributed by atoms with Crippen LogP contribution >= 0.6 is 0 Å². The fourth-order valence-corrected chi connectivity index (χ4v) is 17.1. The Kier molecular flexibility index (Phi) is 10.3. The molecule has 0 bridgehead atoms. The molecule has 2 aromatic carbocycles. The van der Waals surface area contributed by atoms with Crippen LogP contribution in [0.4, 0.5) is 0 Å². The molecule has 0 spiro atoms. The standard InChI is InChI=1S/C31H48O6Si2/c1-22(2)38(23(3)4)34-21-28-29(36-39(37-38,24(5)6)25(7)8)30(32-19-26-15-11-9-12-16-26)31(35-28)33-20-27-17-13-10-14-18-27/h9-18,22-25,28-31H,19-21H2,1-8H3/t28-,29-,30+,31+/m1/s1. The van der Waals surface area contributed by atoms with Gasteiger partial charge >= 0.3 is 17.1 Å². The first-order valence-corrected chi connectivity index (χ1v) is 18.5. The lowest BCUT2D eigenvalue weighted by Gasteiger charge is -2.51. The van der Waals surface area contributed by atoms with Gasteiger partial charge in [-0.2, -0.15) is 0 Å². The summed E-state index contributed by atoms with van der Waals surface area (Å²) >= 11 is 0. The third-order valence-corrected chi connectivity index (χ3v) is 18.4. The van der Waals surface area contributed by atoms with Gasteiger partial charge in [0.15, 0.2) is 6.29 Å². The molecule has 0 saturated carbocycles. The summed E-state index contributed by atoms with van der Waals surface area (Å²) in [6.45, 7) is 19.2. The highest BCUT2D eigenvalue weighted by molar-refractivity contribution is 6.84. The zero-order chi connectivity index (χ0) is 28.2. The van der Waals surface area contributed by atoms with Crippen molar-refractivity contribution in [3.05, 3.63) is 71.8 Å². The largest absolute Gasteiger partial charge is 0.414 e. The third kappa shape index (κ3) is 6.59. The topological polar surface area (TPSA) is 55.4 Å². The maximum absolute atomic E-state index is 7.38. The van der Waals surface area contributed by atoms with E-state index in [9.17, 15) is 0 Å². The molecule has 0 N–H and O–H groups in total. The summed E-state index contributed by atoms with van der Waals surface area (Å²) in [5.74, 6) is 0. The van der Waals surface area contributed by atoms with Crippen molar-refractivity contribution in [2.75, 3.05) is 6.61 Å². The lowest BCUT2D eigenvalue weighted by Crippen LogP contribution is -2.66. The zero-order valence-corrected chi connectivity index (χ0v) is 27.0. The minimum Gasteiger partial charge on any atom is -0.414 e. The van der Waals surface area contributed by atoms with E-state index in [0.717, 1.165) is 11.1 Å². The Bertz CT molecular complexity index is 1000. The Morgan fingerprint density at radius 1 is 0.692 bits per heavy atom. The molecule has 4 atom stereocenters. The van der Waals surface area contributed by atoms with Crippen LogP contribution in [0.1, 0.15) is 66.5 Å². The van der Waals surface area contributed by atoms with Crippen molar-refractivity contribution in [2.24, 2.45) is 0 Å². The van der Waals surface area contributed by atoms with Gasteiger partial charge in [0.2, 0.25) is 0 Å². The maximum Gasteiger partial charge on any atom is 0.335 e. The lowest BCUT2D eigenvalue weighted by atomic mass is 10.1. The van der Waals surface area contributed by atoms with Crippen LogP contribution in [0.5, 0.6) is 0 Å². The van der Waals surface area contributed by atoms with Crippen molar-refractivity contribution in [1.29, 1.82) is 0 Å². The second-order valence-corrected chi connectivity index (χ2v) is 21.0. The number of hydrogen-bond donors (Lipinski definition) is 0. The minimum atomic E-state index is -2.81. The third-order valence-electron chi connectivity index (χ3n) is 8.14. The number of rotatable bonds is 10. The molecule has 216 valence electrons. The quantitative estimate of drug-likeness (QED) is 0.275. The highest BCUT2D eigenvalue weighted by atomic mass is 28.5. The molecule has 0 amide bonds. The number of ether oxygens (including phenoxy) is 3. The Hall–Kier alpha value is -1.37. The second kappa shape index (κ2) is 13.1. The monoisotopic (exact) mass is 572 g/mol. The summed E-state index contributed by atoms with van der Waals surface area (Å²) in [7, 11) is -5.46. The average molecular weight is 573 g/mol. The number of benzene rings is 2. The van der Waals surface area contributed by atoms with Crippen LogP contribution in [0.3, 0.4) is 0 Å². The normalized spacial score (nSPS) is 26.7. The van der Waals surface area contributed by atoms with Gasteiger partial charge in [0.25, 0.3) is 0 Å². The zero-order valence-electron chi connectivity index (χ0n) is 25.0. The van der Waals surface area contributed by atoms with Crippen LogP contribution in [0.2, 0.25) is 22.2 Å². The summed E-state index contributed by atoms with van der Waals surface area (Å²) in [4.78, 5) is 0. The summed E-state index contributed by atoms with van der Waals surface area (Å²) in [6.07, 6.45) is -1.64. The predicted molar refractivity (Wildman–Crippen MR) is 159 cm³/mol. The van der Waals surface area contributed by atoms with Crippen molar-refractivity contribution in [3.63, 3.8) is 0 Å². The van der Waals surface area contributed by atoms with Gasteiger partial charge in [0.05, 0.1) is 19.8 Å². The first-order valence-electron chi connectivity index (χ1n) is 14.6. The molecule has 4 rings (SSSR count). The highest BCUT2D eigenvalue weighted by Gasteiger charge is 2.62. The predicted octanol–water partition coefficient (Wildman–Crippen LogP) is 7.47. The molecule has 8 heteroatoms. The van der Waals surface area contributed by atoms with Gasteiger partial charge in [-0.3, -0.25) is 0 Å². The molecular weight excluding hydrogens is 525 g/mol. The van der Waals surface area contributed by atoms with E-state index in [0.29, 0.717) is 19.8 Å². The molecule has 2 aliphatic heterocycles. The minimum absolute atomic E-state index is 0.225. The molecule has 2 fully saturated rings. The van der Waals surface area contributed by atoms with E-state index < -0.39 is 29.5 Å². The number of fused-ring (bicyclic) bond motifs is 1. The van der Waals surface area contributed by atoms with E-state index in [2.05, 4.69) is 79.7 Å². The van der Waals surface area contributed by atoms with E-state index in [-0.39, 0.29) is 34.4 Å². The van der Waals surface area contributed by atoms with Gasteiger partial charge in [-0.1, -0.05) is 116 Å². The molecule has 0 unspecified atom stereocenters. The van der Waals surface area contributed by atoms with Crippen LogP contribution in [0.15, 0.2) is 60.7 Å². The van der Waals surface area contributed by atoms with Gasteiger partial charge in [0.1, 0.15) is 18.3 Å². The summed E-state index contributed by atoms with van der Waals surface area (Å²) in [5.41, 5.74) is 3.19. The van der Waals surface area contributed by atoms with Gasteiger partial charge in [-0.05, 0) is 33.3 Å². The van der Waals surface area contributed by atoms with Crippen LogP contribution < -0.4 is 0 Å². The van der Waals surface area contributed by atoms with Gasteiger partial charge < -0.3 is 27.2 Å². The molecule has 6 nitrogen and oxygen atoms in total. The number of hydrogen-bond acceptors (Lipinski definition) is 6. The van der Waals surface area contributed by atoms with Crippen molar-refractivity contribution in [2.45, 2.75) is 115 Å². The summed E-state index contributed by atoms with van der Waals surface area (Å²) in [5, 5.41) is 0. The molecule has 0 aromatic heterocycles. The molecular formula is C31H48O6Si2. The molecule has 0 aliphatic carbocycles. The highest BCUT2D eigenvalue weighted by Crippen LogP contribution is 2.48. The average Bonchev–Trinajstić information content (AvgIpc) is 3.22. The van der Waals surface area contributed by atoms with Gasteiger partial charge in [0, 0.05) is 0 Å². The Labute approximate surface area is 237 Å². The molecule has 2 aliphatic rings. The van der Waals surface area contributed by atoms with Crippen molar-refractivity contribution >= 4 is 17.1 Å². The van der Waals surface area contributed by atoms with Gasteiger partial charge in [-0.15, -0.1) is 0 Å². The first kappa shape index (κ1) is 30.6. The van der Waals surface area contributed by atoms with Crippen molar-refractivity contribution < 1.29 is 27.2 Å². The Morgan fingerprint density at radius 3 is 1.67 bits per heavy atom. The van der Waals surface area contributed by atoms with E-state index in [4.69, 9.17) is 27.2 Å². The Balaban J connectivity index is 1.68. The van der Waals surface area contributed by atoms with Crippen LogP contribution in [-0.4, -0.2) is 48.3 Å². The van der Waals surface area contributed by atoms with E-state index in [1.165, 1.54) is 0 Å². The van der Waals surface area contributed by atoms with Gasteiger partial charge in [-0.25, -0.2) is 0 Å². The van der Waals surface area contributed by atoms with Crippen LogP contribution in [-0.2, 0) is 40.4 Å². The van der Waals surface area contributed by atoms with E-state index >= 15 is 0 Å². The fraction of sp³-hybridized carbons (Fsp3) is 0.613. The SMILES string of the molecule is CC(C)[Si]1(C(C)C)OC[C@H]2O[C@H](OCc3ccccc3)[C@@H](OCc3ccccc3)[C@@H]2O[Si](C(C)C)(C(C)C)O1. The molecule has 39 heavy (non-hydrogen) atoms.